The number of nitrogens with zero attached hydrogens (tertiary/aromatic N) is 1. The Morgan fingerprint density at radius 2 is 1.88 bits per heavy atom. The van der Waals surface area contributed by atoms with Gasteiger partial charge in [-0.3, -0.25) is 9.59 Å². The largest absolute Gasteiger partial charge is 0.481 e. The summed E-state index contributed by atoms with van der Waals surface area (Å²) in [6.07, 6.45) is 1.54. The summed E-state index contributed by atoms with van der Waals surface area (Å²) < 4.78 is 0. The number of rotatable bonds is 5. The third kappa shape index (κ3) is 4.48. The summed E-state index contributed by atoms with van der Waals surface area (Å²) in [5.74, 6) is -1.48. The molecule has 0 atom stereocenters. The number of carboxylic acid groups (broad SMARTS) is 1. The van der Waals surface area contributed by atoms with Crippen LogP contribution in [0, 0.1) is 0 Å². The molecule has 1 amide bonds. The van der Waals surface area contributed by atoms with E-state index in [2.05, 4.69) is 0 Å². The normalized spacial score (nSPS) is 10.0. The van der Waals surface area contributed by atoms with Gasteiger partial charge in [0.2, 0.25) is 5.91 Å². The number of carbonyl (C=O) groups is 2. The second-order valence-electron chi connectivity index (χ2n) is 3.67. The quantitative estimate of drug-likeness (QED) is 0.642. The van der Waals surface area contributed by atoms with E-state index in [1.165, 1.54) is 4.90 Å². The highest BCUT2D eigenvalue weighted by Gasteiger charge is 2.12. The van der Waals surface area contributed by atoms with Gasteiger partial charge in [0.25, 0.3) is 0 Å². The Balaban J connectivity index is 2.57. The van der Waals surface area contributed by atoms with Gasteiger partial charge >= 0.3 is 5.97 Å². The topological polar surface area (TPSA) is 57.6 Å². The van der Waals surface area contributed by atoms with Crippen LogP contribution < -0.4 is 0 Å². The highest BCUT2D eigenvalue weighted by molar-refractivity contribution is 7.98. The third-order valence-electron chi connectivity index (χ3n) is 2.31. The third-order valence-corrected chi connectivity index (χ3v) is 3.05. The lowest BCUT2D eigenvalue weighted by Gasteiger charge is -2.16. The first-order valence-electron chi connectivity index (χ1n) is 5.11. The van der Waals surface area contributed by atoms with Gasteiger partial charge in [0, 0.05) is 18.5 Å². The van der Waals surface area contributed by atoms with Crippen LogP contribution in [0.25, 0.3) is 0 Å². The van der Waals surface area contributed by atoms with Crippen LogP contribution in [-0.2, 0) is 16.1 Å². The van der Waals surface area contributed by atoms with E-state index in [0.29, 0.717) is 6.54 Å². The van der Waals surface area contributed by atoms with Crippen LogP contribution in [0.15, 0.2) is 29.2 Å². The molecule has 1 rings (SSSR count). The zero-order chi connectivity index (χ0) is 12.8. The van der Waals surface area contributed by atoms with Gasteiger partial charge in [0.1, 0.15) is 6.42 Å². The molecule has 0 saturated heterocycles. The smallest absolute Gasteiger partial charge is 0.312 e. The van der Waals surface area contributed by atoms with Gasteiger partial charge in [-0.1, -0.05) is 12.1 Å². The highest BCUT2D eigenvalue weighted by atomic mass is 32.2. The molecular formula is C12H15NO3S. The molecule has 92 valence electrons. The molecule has 0 bridgehead atoms. The van der Waals surface area contributed by atoms with Crippen molar-refractivity contribution >= 4 is 23.6 Å². The van der Waals surface area contributed by atoms with Crippen molar-refractivity contribution in [3.05, 3.63) is 29.8 Å². The van der Waals surface area contributed by atoms with Gasteiger partial charge in [0.15, 0.2) is 0 Å². The van der Waals surface area contributed by atoms with E-state index in [0.717, 1.165) is 10.5 Å². The first-order chi connectivity index (χ1) is 8.02. The SMILES string of the molecule is CSc1ccc(CN(C)C(=O)CC(=O)O)cc1. The van der Waals surface area contributed by atoms with Crippen LogP contribution in [-0.4, -0.2) is 35.2 Å². The van der Waals surface area contributed by atoms with Crippen molar-refractivity contribution in [2.45, 2.75) is 17.9 Å². The lowest BCUT2D eigenvalue weighted by molar-refractivity contribution is -0.143. The van der Waals surface area contributed by atoms with Crippen LogP contribution in [0.3, 0.4) is 0 Å². The fourth-order valence-electron chi connectivity index (χ4n) is 1.36. The van der Waals surface area contributed by atoms with E-state index >= 15 is 0 Å². The zero-order valence-electron chi connectivity index (χ0n) is 9.84. The second-order valence-corrected chi connectivity index (χ2v) is 4.55. The molecule has 0 radical (unpaired) electrons. The van der Waals surface area contributed by atoms with Crippen LogP contribution in [0.5, 0.6) is 0 Å². The molecule has 0 aliphatic carbocycles. The molecule has 4 nitrogen and oxygen atoms in total. The molecular weight excluding hydrogens is 238 g/mol. The van der Waals surface area contributed by atoms with Crippen LogP contribution in [0.2, 0.25) is 0 Å². The average molecular weight is 253 g/mol. The van der Waals surface area contributed by atoms with E-state index in [9.17, 15) is 9.59 Å². The van der Waals surface area contributed by atoms with Gasteiger partial charge < -0.3 is 10.0 Å². The van der Waals surface area contributed by atoms with Gasteiger partial charge in [0.05, 0.1) is 0 Å². The predicted molar refractivity (Wildman–Crippen MR) is 66.9 cm³/mol. The Hall–Kier alpha value is -1.49. The van der Waals surface area contributed by atoms with Gasteiger partial charge in [-0.2, -0.15) is 0 Å². The fourth-order valence-corrected chi connectivity index (χ4v) is 1.77. The number of hydrogen-bond donors (Lipinski definition) is 1. The van der Waals surface area contributed by atoms with Crippen molar-refractivity contribution in [2.75, 3.05) is 13.3 Å². The molecule has 0 aliphatic rings. The summed E-state index contributed by atoms with van der Waals surface area (Å²) in [5.41, 5.74) is 0.990. The van der Waals surface area contributed by atoms with Crippen molar-refractivity contribution in [3.8, 4) is 0 Å². The molecule has 0 spiro atoms. The first kappa shape index (κ1) is 13.6. The molecule has 0 fully saturated rings. The monoisotopic (exact) mass is 253 g/mol. The number of carbonyl (C=O) groups excluding carboxylic acids is 1. The molecule has 0 aliphatic heterocycles. The summed E-state index contributed by atoms with van der Waals surface area (Å²) in [7, 11) is 1.60. The Bertz CT molecular complexity index is 403. The summed E-state index contributed by atoms with van der Waals surface area (Å²) in [5, 5.41) is 8.52. The number of carboxylic acids is 1. The molecule has 1 aromatic carbocycles. The van der Waals surface area contributed by atoms with E-state index < -0.39 is 12.4 Å². The fraction of sp³-hybridized carbons (Fsp3) is 0.333. The van der Waals surface area contributed by atoms with Gasteiger partial charge in [-0.25, -0.2) is 0 Å². The molecule has 0 saturated carbocycles. The predicted octanol–water partition coefficient (Wildman–Crippen LogP) is 1.84. The molecule has 0 heterocycles. The van der Waals surface area contributed by atoms with Gasteiger partial charge in [-0.05, 0) is 24.0 Å². The average Bonchev–Trinajstić information content (AvgIpc) is 2.29. The van der Waals surface area contributed by atoms with Crippen molar-refractivity contribution in [1.29, 1.82) is 0 Å². The van der Waals surface area contributed by atoms with E-state index in [1.54, 1.807) is 18.8 Å². The molecule has 1 aromatic rings. The van der Waals surface area contributed by atoms with Crippen molar-refractivity contribution in [2.24, 2.45) is 0 Å². The lowest BCUT2D eigenvalue weighted by atomic mass is 10.2. The van der Waals surface area contributed by atoms with Gasteiger partial charge in [-0.15, -0.1) is 11.8 Å². The minimum Gasteiger partial charge on any atom is -0.481 e. The van der Waals surface area contributed by atoms with Crippen molar-refractivity contribution in [3.63, 3.8) is 0 Å². The minimum absolute atomic E-state index is 0.383. The maximum atomic E-state index is 11.4. The summed E-state index contributed by atoms with van der Waals surface area (Å²) in [6, 6.07) is 7.85. The Kier molecular flexibility index (Phi) is 5.03. The lowest BCUT2D eigenvalue weighted by Crippen LogP contribution is -2.27. The maximum Gasteiger partial charge on any atom is 0.312 e. The molecule has 17 heavy (non-hydrogen) atoms. The zero-order valence-corrected chi connectivity index (χ0v) is 10.7. The van der Waals surface area contributed by atoms with Crippen LogP contribution >= 0.6 is 11.8 Å². The molecule has 1 N–H and O–H groups in total. The first-order valence-corrected chi connectivity index (χ1v) is 6.34. The van der Waals surface area contributed by atoms with Crippen molar-refractivity contribution in [1.82, 2.24) is 4.90 Å². The second kappa shape index (κ2) is 6.30. The van der Waals surface area contributed by atoms with E-state index in [4.69, 9.17) is 5.11 Å². The van der Waals surface area contributed by atoms with Crippen LogP contribution in [0.4, 0.5) is 0 Å². The minimum atomic E-state index is -1.10. The van der Waals surface area contributed by atoms with E-state index in [1.807, 2.05) is 30.5 Å². The Morgan fingerprint density at radius 3 is 2.35 bits per heavy atom. The number of amides is 1. The molecule has 0 aromatic heterocycles. The standard InChI is InChI=1S/C12H15NO3S/c1-13(11(14)7-12(15)16)8-9-3-5-10(17-2)6-4-9/h3-6H,7-8H2,1-2H3,(H,15,16). The van der Waals surface area contributed by atoms with Crippen molar-refractivity contribution < 1.29 is 14.7 Å². The number of hydrogen-bond acceptors (Lipinski definition) is 3. The maximum absolute atomic E-state index is 11.4. The highest BCUT2D eigenvalue weighted by Crippen LogP contribution is 2.15. The van der Waals surface area contributed by atoms with Crippen LogP contribution in [0.1, 0.15) is 12.0 Å². The number of thioether (sulfide) groups is 1. The summed E-state index contributed by atoms with van der Waals surface area (Å²) in [4.78, 5) is 24.4. The molecule has 0 unspecified atom stereocenters. The Morgan fingerprint density at radius 1 is 1.29 bits per heavy atom. The Labute approximate surface area is 105 Å². The summed E-state index contributed by atoms with van der Waals surface area (Å²) >= 11 is 1.65. The molecule has 5 heteroatoms. The summed E-state index contributed by atoms with van der Waals surface area (Å²) in [6.45, 7) is 0.431. The number of benzene rings is 1. The number of aliphatic carboxylic acids is 1. The van der Waals surface area contributed by atoms with E-state index in [-0.39, 0.29) is 5.91 Å².